The Kier molecular flexibility index (Phi) is 7.44. The molecule has 0 N–H and O–H groups in total. The van der Waals surface area contributed by atoms with E-state index < -0.39 is 0 Å². The first-order valence-corrected chi connectivity index (χ1v) is 19.3. The number of nitrogens with zero attached hydrogens (tertiary/aromatic N) is 3. The molecule has 55 heavy (non-hydrogen) atoms. The largest absolute Gasteiger partial charge is 0.336 e. The number of hydrogen-bond donors (Lipinski definition) is 0. The van der Waals surface area contributed by atoms with Crippen LogP contribution in [0.5, 0.6) is 0 Å². The molecule has 2 atom stereocenters. The maximum absolute atomic E-state index is 4.93. The van der Waals surface area contributed by atoms with Crippen molar-refractivity contribution in [2.75, 3.05) is 4.90 Å². The van der Waals surface area contributed by atoms with Crippen LogP contribution in [0, 0.1) is 0 Å². The highest BCUT2D eigenvalue weighted by molar-refractivity contribution is 6.21. The van der Waals surface area contributed by atoms with Gasteiger partial charge in [-0.2, -0.15) is 0 Å². The van der Waals surface area contributed by atoms with E-state index in [0.717, 1.165) is 24.2 Å². The number of aromatic nitrogens is 2. The average Bonchev–Trinajstić information content (AvgIpc) is 3.59. The van der Waals surface area contributed by atoms with Gasteiger partial charge >= 0.3 is 0 Å². The van der Waals surface area contributed by atoms with E-state index in [-0.39, 0.29) is 12.0 Å². The van der Waals surface area contributed by atoms with Crippen LogP contribution in [0.2, 0.25) is 0 Å². The van der Waals surface area contributed by atoms with Gasteiger partial charge in [-0.05, 0) is 114 Å². The molecule has 8 aromatic rings. The second kappa shape index (κ2) is 12.9. The monoisotopic (exact) mass is 703 g/mol. The molecule has 1 aliphatic heterocycles. The van der Waals surface area contributed by atoms with Crippen molar-refractivity contribution in [3.63, 3.8) is 0 Å². The smallest absolute Gasteiger partial charge is 0.0890 e. The number of benzene rings is 6. The standard InChI is InChI=1S/C52H37N3/c1-2-14-40(15-3-1)55-49-28-27-38(31-45(49)46-32-48(54-33-50(46)55)47-20-10-11-29-53-47)35-21-24-36(25-22-35)51-41-16-6-8-18-43(41)52(44-19-9-7-17-42(44)51)39-26-23-34-12-4-5-13-37(34)30-39/h1-14,16-30,32-33,40,45H,15,31H2. The van der Waals surface area contributed by atoms with Crippen molar-refractivity contribution in [2.45, 2.75) is 24.8 Å². The van der Waals surface area contributed by atoms with Crippen molar-refractivity contribution in [2.24, 2.45) is 0 Å². The summed E-state index contributed by atoms with van der Waals surface area (Å²) in [6.45, 7) is 0. The first-order chi connectivity index (χ1) is 27.3. The molecule has 2 unspecified atom stereocenters. The summed E-state index contributed by atoms with van der Waals surface area (Å²) >= 11 is 0. The van der Waals surface area contributed by atoms with E-state index >= 15 is 0 Å². The van der Waals surface area contributed by atoms with E-state index in [9.17, 15) is 0 Å². The average molecular weight is 704 g/mol. The highest BCUT2D eigenvalue weighted by Gasteiger charge is 2.39. The number of fused-ring (bicyclic) bond motifs is 6. The van der Waals surface area contributed by atoms with Crippen LogP contribution >= 0.6 is 0 Å². The van der Waals surface area contributed by atoms with Crippen molar-refractivity contribution < 1.29 is 0 Å². The minimum atomic E-state index is 0.245. The predicted molar refractivity (Wildman–Crippen MR) is 230 cm³/mol. The fourth-order valence-corrected chi connectivity index (χ4v) is 9.24. The third-order valence-electron chi connectivity index (χ3n) is 11.8. The summed E-state index contributed by atoms with van der Waals surface area (Å²) in [4.78, 5) is 12.1. The van der Waals surface area contributed by atoms with Crippen LogP contribution in [0.15, 0.2) is 194 Å². The Balaban J connectivity index is 0.992. The van der Waals surface area contributed by atoms with E-state index in [1.807, 2.05) is 24.4 Å². The van der Waals surface area contributed by atoms with Crippen LogP contribution in [-0.2, 0) is 0 Å². The van der Waals surface area contributed by atoms with E-state index in [2.05, 4.69) is 174 Å². The fourth-order valence-electron chi connectivity index (χ4n) is 9.24. The first-order valence-electron chi connectivity index (χ1n) is 19.3. The van der Waals surface area contributed by atoms with Gasteiger partial charge in [0.1, 0.15) is 0 Å². The molecule has 3 heteroatoms. The molecule has 3 aliphatic rings. The molecule has 0 radical (unpaired) electrons. The molecular weight excluding hydrogens is 667 g/mol. The Hall–Kier alpha value is -6.84. The summed E-state index contributed by atoms with van der Waals surface area (Å²) in [7, 11) is 0. The Morgan fingerprint density at radius 2 is 1.22 bits per heavy atom. The van der Waals surface area contributed by atoms with Crippen LogP contribution in [-0.4, -0.2) is 16.0 Å². The SMILES string of the molecule is C1=CCC(N2C3=CC=C(c4ccc(-c5c6ccccc6c(-c6ccc7ccccc7c6)c6ccccc56)cc4)CC3c3cc(-c4ccccn4)ncc32)C=C1. The van der Waals surface area contributed by atoms with Gasteiger partial charge < -0.3 is 4.90 Å². The van der Waals surface area contributed by atoms with Gasteiger partial charge in [0.2, 0.25) is 0 Å². The van der Waals surface area contributed by atoms with Gasteiger partial charge in [0.15, 0.2) is 0 Å². The highest BCUT2D eigenvalue weighted by Crippen LogP contribution is 2.52. The minimum absolute atomic E-state index is 0.245. The zero-order valence-electron chi connectivity index (χ0n) is 30.3. The zero-order chi connectivity index (χ0) is 36.3. The normalized spacial score (nSPS) is 17.3. The Labute approximate surface area is 321 Å². The van der Waals surface area contributed by atoms with Crippen LogP contribution in [0.1, 0.15) is 29.9 Å². The molecule has 3 heterocycles. The lowest BCUT2D eigenvalue weighted by atomic mass is 9.83. The predicted octanol–water partition coefficient (Wildman–Crippen LogP) is 13.1. The summed E-state index contributed by atoms with van der Waals surface area (Å²) in [5.41, 5.74) is 13.4. The van der Waals surface area contributed by atoms with E-state index in [1.54, 1.807) is 0 Å². The highest BCUT2D eigenvalue weighted by atomic mass is 15.2. The molecule has 0 saturated carbocycles. The van der Waals surface area contributed by atoms with Gasteiger partial charge in [0, 0.05) is 17.8 Å². The van der Waals surface area contributed by atoms with Crippen molar-refractivity contribution in [3.8, 4) is 33.6 Å². The second-order valence-electron chi connectivity index (χ2n) is 14.9. The Morgan fingerprint density at radius 3 is 1.93 bits per heavy atom. The molecule has 0 bridgehead atoms. The van der Waals surface area contributed by atoms with Crippen LogP contribution in [0.3, 0.4) is 0 Å². The van der Waals surface area contributed by atoms with E-state index in [0.29, 0.717) is 0 Å². The van der Waals surface area contributed by atoms with Gasteiger partial charge in [0.05, 0.1) is 29.3 Å². The maximum atomic E-state index is 4.93. The lowest BCUT2D eigenvalue weighted by Gasteiger charge is -2.32. The van der Waals surface area contributed by atoms with Gasteiger partial charge in [-0.1, -0.05) is 146 Å². The summed E-state index contributed by atoms with van der Waals surface area (Å²) in [6, 6.07) is 51.3. The number of allylic oxidation sites excluding steroid dienone is 6. The van der Waals surface area contributed by atoms with Gasteiger partial charge in [0.25, 0.3) is 0 Å². The Bertz CT molecular complexity index is 2870. The second-order valence-corrected chi connectivity index (χ2v) is 14.9. The molecule has 0 fully saturated rings. The minimum Gasteiger partial charge on any atom is -0.336 e. The molecule has 260 valence electrons. The summed E-state index contributed by atoms with van der Waals surface area (Å²) in [6.07, 6.45) is 19.4. The number of pyridine rings is 2. The number of hydrogen-bond acceptors (Lipinski definition) is 3. The van der Waals surface area contributed by atoms with Crippen molar-refractivity contribution in [1.82, 2.24) is 9.97 Å². The number of anilines is 1. The van der Waals surface area contributed by atoms with Crippen molar-refractivity contribution in [3.05, 3.63) is 205 Å². The maximum Gasteiger partial charge on any atom is 0.0890 e. The summed E-state index contributed by atoms with van der Waals surface area (Å²) in [5, 5.41) is 7.61. The molecular formula is C52H37N3. The summed E-state index contributed by atoms with van der Waals surface area (Å²) < 4.78 is 0. The fraction of sp³-hybridized carbons (Fsp3) is 0.0769. The molecule has 3 nitrogen and oxygen atoms in total. The molecule has 0 amide bonds. The Morgan fingerprint density at radius 1 is 0.545 bits per heavy atom. The number of rotatable bonds is 5. The molecule has 0 saturated heterocycles. The van der Waals surface area contributed by atoms with Crippen LogP contribution in [0.4, 0.5) is 5.69 Å². The lowest BCUT2D eigenvalue weighted by molar-refractivity contribution is 0.722. The third kappa shape index (κ3) is 5.26. The van der Waals surface area contributed by atoms with Gasteiger partial charge in [-0.3, -0.25) is 9.97 Å². The quantitative estimate of drug-likeness (QED) is 0.167. The molecule has 6 aromatic carbocycles. The van der Waals surface area contributed by atoms with E-state index in [4.69, 9.17) is 4.98 Å². The summed E-state index contributed by atoms with van der Waals surface area (Å²) in [5.74, 6) is 0.245. The van der Waals surface area contributed by atoms with Crippen LogP contribution in [0.25, 0.3) is 71.5 Å². The van der Waals surface area contributed by atoms with Crippen molar-refractivity contribution in [1.29, 1.82) is 0 Å². The molecule has 2 aliphatic carbocycles. The first kappa shape index (κ1) is 31.7. The van der Waals surface area contributed by atoms with Crippen molar-refractivity contribution >= 4 is 43.6 Å². The van der Waals surface area contributed by atoms with Crippen LogP contribution < -0.4 is 4.90 Å². The van der Waals surface area contributed by atoms with Gasteiger partial charge in [-0.15, -0.1) is 0 Å². The lowest BCUT2D eigenvalue weighted by Crippen LogP contribution is -2.32. The zero-order valence-corrected chi connectivity index (χ0v) is 30.3. The molecule has 2 aromatic heterocycles. The molecule has 11 rings (SSSR count). The van der Waals surface area contributed by atoms with Gasteiger partial charge in [-0.25, -0.2) is 0 Å². The topological polar surface area (TPSA) is 29.0 Å². The molecule has 0 spiro atoms. The third-order valence-corrected chi connectivity index (χ3v) is 11.8. The van der Waals surface area contributed by atoms with E-state index in [1.165, 1.54) is 82.7 Å².